The Morgan fingerprint density at radius 2 is 2.16 bits per heavy atom. The van der Waals surface area contributed by atoms with Crippen LogP contribution in [0.4, 0.5) is 10.1 Å². The second kappa shape index (κ2) is 5.79. The number of ether oxygens (including phenoxy) is 1. The Morgan fingerprint density at radius 1 is 1.37 bits per heavy atom. The lowest BCUT2D eigenvalue weighted by Gasteiger charge is -2.05. The number of rotatable bonds is 4. The van der Waals surface area contributed by atoms with Gasteiger partial charge in [-0.3, -0.25) is 4.21 Å². The van der Waals surface area contributed by atoms with Crippen LogP contribution in [0.15, 0.2) is 41.3 Å². The number of methoxy groups -OCH3 is 1. The molecule has 2 N–H and O–H groups in total. The maximum Gasteiger partial charge on any atom is 0.213 e. The number of halogens is 1. The Morgan fingerprint density at radius 3 is 2.84 bits per heavy atom. The molecule has 100 valence electrons. The van der Waals surface area contributed by atoms with E-state index in [4.69, 9.17) is 10.5 Å². The molecule has 0 bridgehead atoms. The molecule has 1 heterocycles. The maximum absolute atomic E-state index is 13.6. The zero-order valence-electron chi connectivity index (χ0n) is 10.3. The topological polar surface area (TPSA) is 65.2 Å². The molecule has 1 aromatic carbocycles. The van der Waals surface area contributed by atoms with Crippen molar-refractivity contribution < 1.29 is 13.3 Å². The predicted molar refractivity (Wildman–Crippen MR) is 71.7 cm³/mol. The molecule has 1 atom stereocenters. The van der Waals surface area contributed by atoms with Crippen LogP contribution in [0.2, 0.25) is 0 Å². The van der Waals surface area contributed by atoms with E-state index in [1.807, 2.05) is 0 Å². The Balaban J connectivity index is 2.20. The summed E-state index contributed by atoms with van der Waals surface area (Å²) < 4.78 is 30.7. The van der Waals surface area contributed by atoms with Crippen molar-refractivity contribution in [3.8, 4) is 5.88 Å². The minimum absolute atomic E-state index is 0.123. The molecule has 1 unspecified atom stereocenters. The first-order chi connectivity index (χ1) is 9.10. The van der Waals surface area contributed by atoms with Crippen LogP contribution in [0.1, 0.15) is 5.69 Å². The summed E-state index contributed by atoms with van der Waals surface area (Å²) >= 11 is 0. The van der Waals surface area contributed by atoms with Gasteiger partial charge in [-0.1, -0.05) is 6.07 Å². The van der Waals surface area contributed by atoms with Crippen molar-refractivity contribution in [2.45, 2.75) is 10.6 Å². The normalized spacial score (nSPS) is 12.1. The fourth-order valence-corrected chi connectivity index (χ4v) is 2.65. The third kappa shape index (κ3) is 3.29. The molecular formula is C13H13FN2O2S. The SMILES string of the molecule is COc1cccc(CS(=O)c2ccc(N)cc2F)n1. The molecule has 4 nitrogen and oxygen atoms in total. The van der Waals surface area contributed by atoms with Crippen molar-refractivity contribution >= 4 is 16.5 Å². The Bertz CT molecular complexity index is 619. The van der Waals surface area contributed by atoms with Gasteiger partial charge in [0.15, 0.2) is 0 Å². The van der Waals surface area contributed by atoms with Crippen LogP contribution < -0.4 is 10.5 Å². The third-order valence-electron chi connectivity index (χ3n) is 2.47. The van der Waals surface area contributed by atoms with E-state index in [2.05, 4.69) is 4.98 Å². The van der Waals surface area contributed by atoms with E-state index in [1.54, 1.807) is 18.2 Å². The molecule has 19 heavy (non-hydrogen) atoms. The molecule has 6 heteroatoms. The molecule has 0 spiro atoms. The van der Waals surface area contributed by atoms with Crippen LogP contribution in [-0.4, -0.2) is 16.3 Å². The van der Waals surface area contributed by atoms with Gasteiger partial charge in [0.25, 0.3) is 0 Å². The number of nitrogens with zero attached hydrogens (tertiary/aromatic N) is 1. The van der Waals surface area contributed by atoms with E-state index in [-0.39, 0.29) is 10.6 Å². The summed E-state index contributed by atoms with van der Waals surface area (Å²) in [6.07, 6.45) is 0. The quantitative estimate of drug-likeness (QED) is 0.871. The van der Waals surface area contributed by atoms with Crippen LogP contribution in [-0.2, 0) is 16.6 Å². The number of anilines is 1. The van der Waals surface area contributed by atoms with Crippen LogP contribution in [0.3, 0.4) is 0 Å². The first kappa shape index (κ1) is 13.5. The van der Waals surface area contributed by atoms with Crippen molar-refractivity contribution in [3.05, 3.63) is 47.9 Å². The molecule has 0 aliphatic rings. The summed E-state index contributed by atoms with van der Waals surface area (Å²) in [5.74, 6) is -0.00796. The number of pyridine rings is 1. The van der Waals surface area contributed by atoms with Crippen molar-refractivity contribution in [1.29, 1.82) is 0 Å². The summed E-state index contributed by atoms with van der Waals surface area (Å²) in [6, 6.07) is 9.27. The summed E-state index contributed by atoms with van der Waals surface area (Å²) in [5, 5.41) is 0. The minimum Gasteiger partial charge on any atom is -0.481 e. The van der Waals surface area contributed by atoms with Gasteiger partial charge in [-0.25, -0.2) is 9.37 Å². The lowest BCUT2D eigenvalue weighted by molar-refractivity contribution is 0.397. The highest BCUT2D eigenvalue weighted by Gasteiger charge is 2.12. The van der Waals surface area contributed by atoms with Gasteiger partial charge >= 0.3 is 0 Å². The highest BCUT2D eigenvalue weighted by atomic mass is 32.2. The highest BCUT2D eigenvalue weighted by Crippen LogP contribution is 2.18. The van der Waals surface area contributed by atoms with Gasteiger partial charge in [-0.2, -0.15) is 0 Å². The van der Waals surface area contributed by atoms with E-state index < -0.39 is 16.6 Å². The summed E-state index contributed by atoms with van der Waals surface area (Å²) in [5.41, 5.74) is 6.33. The molecule has 1 aromatic heterocycles. The zero-order chi connectivity index (χ0) is 13.8. The minimum atomic E-state index is -1.51. The molecule has 2 aromatic rings. The number of nitrogen functional groups attached to an aromatic ring is 1. The average Bonchev–Trinajstić information content (AvgIpc) is 2.38. The van der Waals surface area contributed by atoms with Gasteiger partial charge in [0.1, 0.15) is 5.82 Å². The lowest BCUT2D eigenvalue weighted by atomic mass is 10.3. The second-order valence-corrected chi connectivity index (χ2v) is 5.27. The van der Waals surface area contributed by atoms with Crippen LogP contribution in [0.25, 0.3) is 0 Å². The molecule has 0 aliphatic carbocycles. The van der Waals surface area contributed by atoms with E-state index in [1.165, 1.54) is 19.2 Å². The van der Waals surface area contributed by atoms with E-state index >= 15 is 0 Å². The fourth-order valence-electron chi connectivity index (χ4n) is 1.57. The van der Waals surface area contributed by atoms with Crippen LogP contribution >= 0.6 is 0 Å². The first-order valence-corrected chi connectivity index (χ1v) is 6.85. The molecule has 0 aliphatic heterocycles. The summed E-state index contributed by atoms with van der Waals surface area (Å²) in [7, 11) is -0.0104. The van der Waals surface area contributed by atoms with E-state index in [0.717, 1.165) is 6.07 Å². The van der Waals surface area contributed by atoms with Crippen LogP contribution in [0.5, 0.6) is 5.88 Å². The van der Waals surface area contributed by atoms with Crippen molar-refractivity contribution in [2.75, 3.05) is 12.8 Å². The first-order valence-electron chi connectivity index (χ1n) is 5.53. The molecule has 0 radical (unpaired) electrons. The summed E-state index contributed by atoms with van der Waals surface area (Å²) in [4.78, 5) is 4.27. The van der Waals surface area contributed by atoms with Gasteiger partial charge in [0.05, 0.1) is 34.3 Å². The number of hydrogen-bond acceptors (Lipinski definition) is 4. The van der Waals surface area contributed by atoms with Crippen molar-refractivity contribution in [1.82, 2.24) is 4.98 Å². The Hall–Kier alpha value is -1.95. The summed E-state index contributed by atoms with van der Waals surface area (Å²) in [6.45, 7) is 0. The van der Waals surface area contributed by atoms with E-state index in [9.17, 15) is 8.60 Å². The van der Waals surface area contributed by atoms with Crippen molar-refractivity contribution in [3.63, 3.8) is 0 Å². The maximum atomic E-state index is 13.6. The fraction of sp³-hybridized carbons (Fsp3) is 0.154. The van der Waals surface area contributed by atoms with Gasteiger partial charge in [0.2, 0.25) is 5.88 Å². The molecule has 0 saturated carbocycles. The smallest absolute Gasteiger partial charge is 0.213 e. The molecule has 0 amide bonds. The predicted octanol–water partition coefficient (Wildman–Crippen LogP) is 2.12. The number of aromatic nitrogens is 1. The van der Waals surface area contributed by atoms with Gasteiger partial charge in [-0.15, -0.1) is 0 Å². The lowest BCUT2D eigenvalue weighted by Crippen LogP contribution is -2.02. The number of hydrogen-bond donors (Lipinski definition) is 1. The second-order valence-electron chi connectivity index (χ2n) is 3.85. The molecule has 0 fully saturated rings. The monoisotopic (exact) mass is 280 g/mol. The number of benzene rings is 1. The molecule has 2 rings (SSSR count). The van der Waals surface area contributed by atoms with Gasteiger partial charge < -0.3 is 10.5 Å². The van der Waals surface area contributed by atoms with Gasteiger partial charge in [-0.05, 0) is 24.3 Å². The third-order valence-corrected chi connectivity index (χ3v) is 3.85. The Kier molecular flexibility index (Phi) is 4.11. The van der Waals surface area contributed by atoms with Crippen LogP contribution in [0, 0.1) is 5.82 Å². The Labute approximate surface area is 112 Å². The highest BCUT2D eigenvalue weighted by molar-refractivity contribution is 7.84. The molecular weight excluding hydrogens is 267 g/mol. The van der Waals surface area contributed by atoms with Crippen molar-refractivity contribution in [2.24, 2.45) is 0 Å². The largest absolute Gasteiger partial charge is 0.481 e. The standard InChI is InChI=1S/C13H13FN2O2S/c1-18-13-4-2-3-10(16-13)8-19(17)12-6-5-9(15)7-11(12)14/h2-7H,8,15H2,1H3. The molecule has 0 saturated heterocycles. The number of nitrogens with two attached hydrogens (primary N) is 1. The van der Waals surface area contributed by atoms with E-state index in [0.29, 0.717) is 17.3 Å². The average molecular weight is 280 g/mol. The zero-order valence-corrected chi connectivity index (χ0v) is 11.1. The van der Waals surface area contributed by atoms with Gasteiger partial charge in [0, 0.05) is 11.8 Å².